The molecule has 12 heavy (non-hydrogen) atoms. The van der Waals surface area contributed by atoms with Crippen LogP contribution in [-0.2, 0) is 10.8 Å². The number of aldehydes is 1. The van der Waals surface area contributed by atoms with Crippen molar-refractivity contribution in [1.82, 2.24) is 0 Å². The molecule has 62 valence electrons. The van der Waals surface area contributed by atoms with Gasteiger partial charge in [0.2, 0.25) is 0 Å². The van der Waals surface area contributed by atoms with E-state index in [-0.39, 0.29) is 0 Å². The van der Waals surface area contributed by atoms with Crippen molar-refractivity contribution in [3.63, 3.8) is 0 Å². The van der Waals surface area contributed by atoms with E-state index in [4.69, 9.17) is 5.26 Å². The molecule has 0 fully saturated rings. The van der Waals surface area contributed by atoms with Gasteiger partial charge in [-0.05, 0) is 6.07 Å². The van der Waals surface area contributed by atoms with E-state index in [0.717, 1.165) is 11.3 Å². The molecule has 0 N–H and O–H groups in total. The van der Waals surface area contributed by atoms with Crippen LogP contribution in [-0.4, -0.2) is 16.8 Å². The zero-order chi connectivity index (χ0) is 9.14. The molecule has 0 saturated carbocycles. The fourth-order valence-electron chi connectivity index (χ4n) is 0.742. The van der Waals surface area contributed by atoms with Crippen LogP contribution in [0.4, 0.5) is 0 Å². The van der Waals surface area contributed by atoms with Crippen LogP contribution in [0.25, 0.3) is 0 Å². The van der Waals surface area contributed by atoms with Crippen LogP contribution in [0.5, 0.6) is 0 Å². The molecule has 0 aromatic carbocycles. The Morgan fingerprint density at radius 1 is 1.75 bits per heavy atom. The molecule has 1 rings (SSSR count). The second-order valence-corrected chi connectivity index (χ2v) is 4.69. The molecule has 5 heteroatoms. The zero-order valence-electron chi connectivity index (χ0n) is 6.23. The Bertz CT molecular complexity index is 375. The number of carbonyl (C=O) groups is 1. The van der Waals surface area contributed by atoms with Crippen LogP contribution < -0.4 is 0 Å². The van der Waals surface area contributed by atoms with Crippen LogP contribution in [0.2, 0.25) is 0 Å². The smallest absolute Gasteiger partial charge is 0.160 e. The Balaban J connectivity index is 3.28. The highest BCUT2D eigenvalue weighted by Crippen LogP contribution is 2.23. The fourth-order valence-corrected chi connectivity index (χ4v) is 2.57. The molecule has 0 radical (unpaired) electrons. The van der Waals surface area contributed by atoms with Crippen LogP contribution in [0.15, 0.2) is 10.3 Å². The first kappa shape index (κ1) is 9.10. The standard InChI is InChI=1S/C7H5NO2S2/c1-12(10)7-5(3-8)2-6(4-9)11-7/h2,4H,1H3. The molecule has 0 saturated heterocycles. The quantitative estimate of drug-likeness (QED) is 0.672. The van der Waals surface area contributed by atoms with Crippen molar-refractivity contribution in [2.24, 2.45) is 0 Å². The van der Waals surface area contributed by atoms with Gasteiger partial charge in [-0.2, -0.15) is 5.26 Å². The molecule has 0 aliphatic heterocycles. The molecule has 0 aliphatic carbocycles. The third-order valence-electron chi connectivity index (χ3n) is 1.21. The molecule has 0 spiro atoms. The summed E-state index contributed by atoms with van der Waals surface area (Å²) in [5.41, 5.74) is 0.336. The second-order valence-electron chi connectivity index (χ2n) is 2.03. The van der Waals surface area contributed by atoms with Gasteiger partial charge in [-0.25, -0.2) is 0 Å². The minimum atomic E-state index is -1.18. The minimum absolute atomic E-state index is 0.336. The van der Waals surface area contributed by atoms with Crippen LogP contribution >= 0.6 is 11.3 Å². The summed E-state index contributed by atoms with van der Waals surface area (Å²) >= 11 is 1.10. The first-order valence-corrected chi connectivity index (χ1v) is 5.39. The Labute approximate surface area is 76.1 Å². The van der Waals surface area contributed by atoms with Gasteiger partial charge in [0.25, 0.3) is 0 Å². The summed E-state index contributed by atoms with van der Waals surface area (Å²) in [7, 11) is -1.18. The van der Waals surface area contributed by atoms with E-state index in [9.17, 15) is 9.00 Å². The molecule has 1 atom stereocenters. The van der Waals surface area contributed by atoms with Gasteiger partial charge in [0.1, 0.15) is 10.3 Å². The highest BCUT2D eigenvalue weighted by molar-refractivity contribution is 7.86. The van der Waals surface area contributed by atoms with Crippen molar-refractivity contribution >= 4 is 28.4 Å². The molecular weight excluding hydrogens is 194 g/mol. The highest BCUT2D eigenvalue weighted by atomic mass is 32.2. The number of hydrogen-bond donors (Lipinski definition) is 0. The summed E-state index contributed by atoms with van der Waals surface area (Å²) in [5.74, 6) is 0. The predicted octanol–water partition coefficient (Wildman–Crippen LogP) is 1.17. The summed E-state index contributed by atoms with van der Waals surface area (Å²) in [5, 5.41) is 8.58. The Hall–Kier alpha value is -0.990. The maximum atomic E-state index is 11.0. The first-order chi connectivity index (χ1) is 5.69. The molecule has 0 amide bonds. The molecule has 1 heterocycles. The van der Waals surface area contributed by atoms with E-state index in [2.05, 4.69) is 0 Å². The average Bonchev–Trinajstić information content (AvgIpc) is 2.47. The van der Waals surface area contributed by atoms with E-state index in [0.29, 0.717) is 20.9 Å². The van der Waals surface area contributed by atoms with Crippen molar-refractivity contribution in [2.45, 2.75) is 4.21 Å². The number of thiophene rings is 1. The van der Waals surface area contributed by atoms with Gasteiger partial charge >= 0.3 is 0 Å². The maximum Gasteiger partial charge on any atom is 0.160 e. The van der Waals surface area contributed by atoms with Gasteiger partial charge in [-0.1, -0.05) is 0 Å². The van der Waals surface area contributed by atoms with Gasteiger partial charge in [0.05, 0.1) is 21.2 Å². The van der Waals surface area contributed by atoms with Gasteiger partial charge in [0, 0.05) is 6.26 Å². The largest absolute Gasteiger partial charge is 0.297 e. The van der Waals surface area contributed by atoms with Gasteiger partial charge < -0.3 is 0 Å². The van der Waals surface area contributed by atoms with Gasteiger partial charge in [0.15, 0.2) is 6.29 Å². The Morgan fingerprint density at radius 3 is 2.75 bits per heavy atom. The van der Waals surface area contributed by atoms with Crippen molar-refractivity contribution in [1.29, 1.82) is 5.26 Å². The van der Waals surface area contributed by atoms with Crippen molar-refractivity contribution in [3.05, 3.63) is 16.5 Å². The molecule has 0 aliphatic rings. The summed E-state index contributed by atoms with van der Waals surface area (Å²) in [6.45, 7) is 0. The zero-order valence-corrected chi connectivity index (χ0v) is 7.87. The third kappa shape index (κ3) is 1.60. The molecular formula is C7H5NO2S2. The number of nitriles is 1. The predicted molar refractivity (Wildman–Crippen MR) is 46.8 cm³/mol. The lowest BCUT2D eigenvalue weighted by Gasteiger charge is -1.86. The fraction of sp³-hybridized carbons (Fsp3) is 0.143. The summed E-state index contributed by atoms with van der Waals surface area (Å²) in [6.07, 6.45) is 2.14. The number of nitrogens with zero attached hydrogens (tertiary/aromatic N) is 1. The second kappa shape index (κ2) is 3.61. The van der Waals surface area contributed by atoms with E-state index < -0.39 is 10.8 Å². The maximum absolute atomic E-state index is 11.0. The highest BCUT2D eigenvalue weighted by Gasteiger charge is 2.10. The van der Waals surface area contributed by atoms with Crippen LogP contribution in [0.1, 0.15) is 15.2 Å². The molecule has 3 nitrogen and oxygen atoms in total. The van der Waals surface area contributed by atoms with Crippen molar-refractivity contribution in [2.75, 3.05) is 6.26 Å². The van der Waals surface area contributed by atoms with E-state index >= 15 is 0 Å². The van der Waals surface area contributed by atoms with E-state index in [1.54, 1.807) is 0 Å². The lowest BCUT2D eigenvalue weighted by atomic mass is 10.3. The molecule has 1 unspecified atom stereocenters. The monoisotopic (exact) mass is 199 g/mol. The lowest BCUT2D eigenvalue weighted by Crippen LogP contribution is -1.84. The van der Waals surface area contributed by atoms with Gasteiger partial charge in [-0.3, -0.25) is 9.00 Å². The average molecular weight is 199 g/mol. The molecule has 1 aromatic heterocycles. The van der Waals surface area contributed by atoms with Gasteiger partial charge in [-0.15, -0.1) is 11.3 Å². The van der Waals surface area contributed by atoms with E-state index in [1.807, 2.05) is 6.07 Å². The summed E-state index contributed by atoms with van der Waals surface area (Å²) in [6, 6.07) is 3.34. The summed E-state index contributed by atoms with van der Waals surface area (Å²) in [4.78, 5) is 10.8. The summed E-state index contributed by atoms with van der Waals surface area (Å²) < 4.78 is 11.5. The normalized spacial score (nSPS) is 12.0. The lowest BCUT2D eigenvalue weighted by molar-refractivity contribution is 0.112. The van der Waals surface area contributed by atoms with Crippen LogP contribution in [0.3, 0.4) is 0 Å². The third-order valence-corrected chi connectivity index (χ3v) is 3.77. The minimum Gasteiger partial charge on any atom is -0.297 e. The van der Waals surface area contributed by atoms with Crippen molar-refractivity contribution < 1.29 is 9.00 Å². The topological polar surface area (TPSA) is 57.9 Å². The molecule has 1 aromatic rings. The number of carbonyl (C=O) groups excluding carboxylic acids is 1. The Morgan fingerprint density at radius 2 is 2.42 bits per heavy atom. The number of hydrogen-bond acceptors (Lipinski definition) is 4. The van der Waals surface area contributed by atoms with Crippen molar-refractivity contribution in [3.8, 4) is 6.07 Å². The first-order valence-electron chi connectivity index (χ1n) is 3.01. The SMILES string of the molecule is CS(=O)c1sc(C=O)cc1C#N. The van der Waals surface area contributed by atoms with E-state index in [1.165, 1.54) is 12.3 Å². The van der Waals surface area contributed by atoms with Crippen LogP contribution in [0, 0.1) is 11.3 Å². The Kier molecular flexibility index (Phi) is 2.74. The molecule has 0 bridgehead atoms. The number of rotatable bonds is 2.